The fourth-order valence-corrected chi connectivity index (χ4v) is 1.75. The van der Waals surface area contributed by atoms with Crippen LogP contribution in [0, 0.1) is 6.92 Å². The van der Waals surface area contributed by atoms with Gasteiger partial charge >= 0.3 is 0 Å². The third-order valence-electron chi connectivity index (χ3n) is 2.54. The minimum atomic E-state index is -0.183. The van der Waals surface area contributed by atoms with Crippen LogP contribution in [0.25, 0.3) is 0 Å². The van der Waals surface area contributed by atoms with Gasteiger partial charge in [-0.1, -0.05) is 15.9 Å². The summed E-state index contributed by atoms with van der Waals surface area (Å²) in [6, 6.07) is 9.17. The van der Waals surface area contributed by atoms with Gasteiger partial charge in [-0.05, 0) is 42.8 Å². The molecule has 0 saturated carbocycles. The second kappa shape index (κ2) is 6.43. The molecule has 1 N–H and O–H groups in total. The van der Waals surface area contributed by atoms with E-state index in [2.05, 4.69) is 21.2 Å². The van der Waals surface area contributed by atoms with E-state index in [-0.39, 0.29) is 12.5 Å². The van der Waals surface area contributed by atoms with Crippen LogP contribution in [0.4, 0.5) is 0 Å². The van der Waals surface area contributed by atoms with Crippen LogP contribution in [0.15, 0.2) is 45.5 Å². The molecule has 0 bridgehead atoms. The highest BCUT2D eigenvalue weighted by atomic mass is 79.9. The van der Waals surface area contributed by atoms with Crippen LogP contribution in [0.5, 0.6) is 5.75 Å². The maximum atomic E-state index is 11.6. The van der Waals surface area contributed by atoms with Crippen LogP contribution < -0.4 is 10.1 Å². The quantitative estimate of drug-likeness (QED) is 0.920. The maximum Gasteiger partial charge on any atom is 0.258 e. The number of ether oxygens (including phenoxy) is 1. The Morgan fingerprint density at radius 2 is 2.26 bits per heavy atom. The van der Waals surface area contributed by atoms with E-state index in [4.69, 9.17) is 9.15 Å². The molecule has 100 valence electrons. The number of carbonyl (C=O) groups excluding carboxylic acids is 1. The van der Waals surface area contributed by atoms with Crippen LogP contribution in [0.3, 0.4) is 0 Å². The van der Waals surface area contributed by atoms with Gasteiger partial charge < -0.3 is 14.5 Å². The van der Waals surface area contributed by atoms with Crippen molar-refractivity contribution in [3.63, 3.8) is 0 Å². The summed E-state index contributed by atoms with van der Waals surface area (Å²) >= 11 is 3.41. The molecule has 5 heteroatoms. The Kier molecular flexibility index (Phi) is 4.63. The lowest BCUT2D eigenvalue weighted by Gasteiger charge is -2.08. The van der Waals surface area contributed by atoms with E-state index in [0.29, 0.717) is 18.1 Å². The molecule has 1 aromatic carbocycles. The van der Waals surface area contributed by atoms with Gasteiger partial charge in [-0.2, -0.15) is 0 Å². The predicted octanol–water partition coefficient (Wildman–Crippen LogP) is 3.05. The first-order chi connectivity index (χ1) is 9.15. The number of nitrogens with one attached hydrogen (secondary N) is 1. The molecule has 0 aliphatic carbocycles. The van der Waals surface area contributed by atoms with Gasteiger partial charge in [0.15, 0.2) is 6.61 Å². The average molecular weight is 324 g/mol. The molecule has 2 rings (SSSR count). The highest BCUT2D eigenvalue weighted by molar-refractivity contribution is 9.10. The minimum Gasteiger partial charge on any atom is -0.484 e. The Hall–Kier alpha value is -1.75. The molecule has 1 amide bonds. The maximum absolute atomic E-state index is 11.6. The molecule has 0 saturated heterocycles. The highest BCUT2D eigenvalue weighted by Gasteiger charge is 2.04. The number of benzene rings is 1. The lowest BCUT2D eigenvalue weighted by Crippen LogP contribution is -2.28. The molecule has 0 fully saturated rings. The topological polar surface area (TPSA) is 51.5 Å². The lowest BCUT2D eigenvalue weighted by atomic mass is 10.2. The lowest BCUT2D eigenvalue weighted by molar-refractivity contribution is -0.123. The van der Waals surface area contributed by atoms with E-state index in [1.54, 1.807) is 18.4 Å². The molecular formula is C14H14BrNO3. The van der Waals surface area contributed by atoms with Crippen molar-refractivity contribution in [2.24, 2.45) is 0 Å². The van der Waals surface area contributed by atoms with Crippen LogP contribution >= 0.6 is 15.9 Å². The van der Waals surface area contributed by atoms with Crippen LogP contribution in [0.2, 0.25) is 0 Å². The SMILES string of the molecule is Cc1cc(OCC(=O)NCc2ccco2)ccc1Br. The second-order valence-corrected chi connectivity index (χ2v) is 4.91. The van der Waals surface area contributed by atoms with E-state index in [1.165, 1.54) is 0 Å². The molecule has 0 radical (unpaired) electrons. The molecule has 0 aliphatic rings. The van der Waals surface area contributed by atoms with Gasteiger partial charge in [0.05, 0.1) is 12.8 Å². The summed E-state index contributed by atoms with van der Waals surface area (Å²) < 4.78 is 11.5. The standard InChI is InChI=1S/C14H14BrNO3/c1-10-7-11(4-5-13(10)15)19-9-14(17)16-8-12-3-2-6-18-12/h2-7H,8-9H2,1H3,(H,16,17). The zero-order chi connectivity index (χ0) is 13.7. The summed E-state index contributed by atoms with van der Waals surface area (Å²) in [5, 5.41) is 2.71. The van der Waals surface area contributed by atoms with E-state index in [9.17, 15) is 4.79 Å². The van der Waals surface area contributed by atoms with E-state index in [0.717, 1.165) is 10.0 Å². The molecule has 0 unspecified atom stereocenters. The number of aryl methyl sites for hydroxylation is 1. The van der Waals surface area contributed by atoms with Gasteiger partial charge in [-0.25, -0.2) is 0 Å². The predicted molar refractivity (Wildman–Crippen MR) is 74.9 cm³/mol. The molecule has 0 spiro atoms. The zero-order valence-corrected chi connectivity index (χ0v) is 12.1. The largest absolute Gasteiger partial charge is 0.484 e. The third kappa shape index (κ3) is 4.13. The summed E-state index contributed by atoms with van der Waals surface area (Å²) in [5.41, 5.74) is 1.06. The van der Waals surface area contributed by atoms with Crippen molar-refractivity contribution in [1.29, 1.82) is 0 Å². The summed E-state index contributed by atoms with van der Waals surface area (Å²) in [7, 11) is 0. The molecule has 0 aliphatic heterocycles. The Morgan fingerprint density at radius 1 is 1.42 bits per heavy atom. The molecule has 2 aromatic rings. The van der Waals surface area contributed by atoms with Gasteiger partial charge in [-0.15, -0.1) is 0 Å². The number of hydrogen-bond donors (Lipinski definition) is 1. The van der Waals surface area contributed by atoms with Crippen LogP contribution in [-0.4, -0.2) is 12.5 Å². The molecule has 1 heterocycles. The number of furan rings is 1. The monoisotopic (exact) mass is 323 g/mol. The minimum absolute atomic E-state index is 0.0121. The van der Waals surface area contributed by atoms with Gasteiger partial charge in [0.2, 0.25) is 0 Å². The summed E-state index contributed by atoms with van der Waals surface area (Å²) in [4.78, 5) is 11.6. The summed E-state index contributed by atoms with van der Waals surface area (Å²) in [5.74, 6) is 1.21. The van der Waals surface area contributed by atoms with Crippen molar-refractivity contribution in [3.05, 3.63) is 52.4 Å². The molecular weight excluding hydrogens is 310 g/mol. The van der Waals surface area contributed by atoms with Gasteiger partial charge in [0, 0.05) is 4.47 Å². The second-order valence-electron chi connectivity index (χ2n) is 4.06. The van der Waals surface area contributed by atoms with Crippen molar-refractivity contribution in [1.82, 2.24) is 5.32 Å². The fraction of sp³-hybridized carbons (Fsp3) is 0.214. The van der Waals surface area contributed by atoms with Gasteiger partial charge in [-0.3, -0.25) is 4.79 Å². The van der Waals surface area contributed by atoms with Crippen molar-refractivity contribution >= 4 is 21.8 Å². The summed E-state index contributed by atoms with van der Waals surface area (Å²) in [6.45, 7) is 2.32. The molecule has 1 aromatic heterocycles. The number of hydrogen-bond acceptors (Lipinski definition) is 3. The summed E-state index contributed by atoms with van der Waals surface area (Å²) in [6.07, 6.45) is 1.57. The Bertz CT molecular complexity index is 552. The van der Waals surface area contributed by atoms with Crippen molar-refractivity contribution < 1.29 is 13.9 Å². The third-order valence-corrected chi connectivity index (χ3v) is 3.43. The van der Waals surface area contributed by atoms with Crippen LogP contribution in [-0.2, 0) is 11.3 Å². The number of rotatable bonds is 5. The van der Waals surface area contributed by atoms with Crippen molar-refractivity contribution in [3.8, 4) is 5.75 Å². The fourth-order valence-electron chi connectivity index (χ4n) is 1.51. The smallest absolute Gasteiger partial charge is 0.258 e. The first kappa shape index (κ1) is 13.7. The zero-order valence-electron chi connectivity index (χ0n) is 10.5. The van der Waals surface area contributed by atoms with Crippen LogP contribution in [0.1, 0.15) is 11.3 Å². The molecule has 19 heavy (non-hydrogen) atoms. The van der Waals surface area contributed by atoms with Crippen molar-refractivity contribution in [2.45, 2.75) is 13.5 Å². The van der Waals surface area contributed by atoms with Crippen molar-refractivity contribution in [2.75, 3.05) is 6.61 Å². The average Bonchev–Trinajstić information content (AvgIpc) is 2.91. The molecule has 0 atom stereocenters. The van der Waals surface area contributed by atoms with Gasteiger partial charge in [0.25, 0.3) is 5.91 Å². The Morgan fingerprint density at radius 3 is 2.95 bits per heavy atom. The first-order valence-electron chi connectivity index (χ1n) is 5.83. The van der Waals surface area contributed by atoms with E-state index >= 15 is 0 Å². The normalized spacial score (nSPS) is 10.2. The Labute approximate surface area is 119 Å². The highest BCUT2D eigenvalue weighted by Crippen LogP contribution is 2.21. The first-order valence-corrected chi connectivity index (χ1v) is 6.62. The number of amides is 1. The Balaban J connectivity index is 1.78. The molecule has 4 nitrogen and oxygen atoms in total. The van der Waals surface area contributed by atoms with Gasteiger partial charge in [0.1, 0.15) is 11.5 Å². The number of halogens is 1. The van der Waals surface area contributed by atoms with E-state index in [1.807, 2.05) is 25.1 Å². The van der Waals surface area contributed by atoms with E-state index < -0.39 is 0 Å². The number of carbonyl (C=O) groups is 1.